The van der Waals surface area contributed by atoms with Gasteiger partial charge in [0.2, 0.25) is 0 Å². The minimum absolute atomic E-state index is 0. The zero-order chi connectivity index (χ0) is 8.55. The van der Waals surface area contributed by atoms with Gasteiger partial charge in [-0.15, -0.1) is 36.6 Å². The summed E-state index contributed by atoms with van der Waals surface area (Å²) in [7, 11) is 0. The van der Waals surface area contributed by atoms with Gasteiger partial charge >= 0.3 is 0 Å². The Labute approximate surface area is 97.9 Å². The van der Waals surface area contributed by atoms with Crippen LogP contribution in [0.2, 0.25) is 0 Å². The van der Waals surface area contributed by atoms with E-state index in [1.54, 1.807) is 18.1 Å². The molecule has 0 amide bonds. The molecular weight excluding hydrogens is 243 g/mol. The van der Waals surface area contributed by atoms with Crippen molar-refractivity contribution in [1.82, 2.24) is 15.0 Å². The fourth-order valence-corrected chi connectivity index (χ4v) is 1.67. The minimum atomic E-state index is 0. The summed E-state index contributed by atoms with van der Waals surface area (Å²) in [5.74, 6) is 0.513. The topological polar surface area (TPSA) is 67.6 Å². The van der Waals surface area contributed by atoms with Crippen LogP contribution in [0.5, 0.6) is 0 Å². The van der Waals surface area contributed by atoms with E-state index in [1.165, 1.54) is 0 Å². The lowest BCUT2D eigenvalue weighted by Gasteiger charge is -1.98. The number of nitrogens with one attached hydrogen (secondary N) is 1. The van der Waals surface area contributed by atoms with Crippen molar-refractivity contribution in [3.05, 3.63) is 12.4 Å². The van der Waals surface area contributed by atoms with Crippen LogP contribution in [0.25, 0.3) is 11.2 Å². The predicted octanol–water partition coefficient (Wildman–Crippen LogP) is 2.11. The fourth-order valence-electron chi connectivity index (χ4n) is 1.08. The number of thioether (sulfide) groups is 1. The minimum Gasteiger partial charge on any atom is -0.384 e. The van der Waals surface area contributed by atoms with Gasteiger partial charge in [-0.25, -0.2) is 9.97 Å². The number of hydrogen-bond acceptors (Lipinski definition) is 4. The molecule has 0 saturated carbocycles. The normalized spacial score (nSPS) is 9.21. The summed E-state index contributed by atoms with van der Waals surface area (Å²) in [4.78, 5) is 12.2. The van der Waals surface area contributed by atoms with Crippen molar-refractivity contribution in [2.45, 2.75) is 4.90 Å². The number of pyridine rings is 1. The summed E-state index contributed by atoms with van der Waals surface area (Å²) in [5, 5.41) is 0. The van der Waals surface area contributed by atoms with Crippen molar-refractivity contribution in [1.29, 1.82) is 0 Å². The number of H-pyrrole nitrogens is 1. The summed E-state index contributed by atoms with van der Waals surface area (Å²) in [6, 6.07) is 1.84. The Morgan fingerprint density at radius 1 is 1.43 bits per heavy atom. The molecule has 0 unspecified atom stereocenters. The lowest BCUT2D eigenvalue weighted by Crippen LogP contribution is -1.91. The van der Waals surface area contributed by atoms with Crippen LogP contribution in [0.15, 0.2) is 17.3 Å². The number of aromatic nitrogens is 3. The van der Waals surface area contributed by atoms with Gasteiger partial charge in [-0.1, -0.05) is 0 Å². The first-order valence-electron chi connectivity index (χ1n) is 3.45. The number of nitrogens with zero attached hydrogens (tertiary/aromatic N) is 2. The van der Waals surface area contributed by atoms with Crippen LogP contribution in [0.4, 0.5) is 5.82 Å². The van der Waals surface area contributed by atoms with Crippen molar-refractivity contribution in [2.24, 2.45) is 0 Å². The molecule has 0 aliphatic carbocycles. The van der Waals surface area contributed by atoms with E-state index in [9.17, 15) is 0 Å². The number of anilines is 1. The zero-order valence-electron chi connectivity index (χ0n) is 7.35. The molecule has 3 N–H and O–H groups in total. The van der Waals surface area contributed by atoms with Crippen LogP contribution >= 0.6 is 36.6 Å². The molecule has 0 aliphatic heterocycles. The number of rotatable bonds is 1. The van der Waals surface area contributed by atoms with E-state index in [0.29, 0.717) is 11.5 Å². The second-order valence-electron chi connectivity index (χ2n) is 2.35. The molecule has 0 aromatic carbocycles. The average Bonchev–Trinajstić information content (AvgIpc) is 2.50. The van der Waals surface area contributed by atoms with Gasteiger partial charge in [0.05, 0.1) is 11.8 Å². The quantitative estimate of drug-likeness (QED) is 0.764. The van der Waals surface area contributed by atoms with Gasteiger partial charge in [0.25, 0.3) is 0 Å². The molecule has 0 bridgehead atoms. The van der Waals surface area contributed by atoms with Crippen LogP contribution in [-0.4, -0.2) is 21.2 Å². The summed E-state index contributed by atoms with van der Waals surface area (Å²) in [5.41, 5.74) is 7.22. The molecule has 0 radical (unpaired) electrons. The Bertz CT molecular complexity index is 417. The maximum atomic E-state index is 5.58. The summed E-state index contributed by atoms with van der Waals surface area (Å²) < 4.78 is 0. The van der Waals surface area contributed by atoms with E-state index in [0.717, 1.165) is 10.4 Å². The Hall–Kier alpha value is -0.650. The highest BCUT2D eigenvalue weighted by Crippen LogP contribution is 2.23. The molecule has 2 aromatic heterocycles. The lowest BCUT2D eigenvalue weighted by molar-refractivity contribution is 1.30. The molecule has 2 heterocycles. The Kier molecular flexibility index (Phi) is 5.04. The van der Waals surface area contributed by atoms with Gasteiger partial charge in [-0.2, -0.15) is 0 Å². The first kappa shape index (κ1) is 13.4. The Morgan fingerprint density at radius 3 is 2.79 bits per heavy atom. The number of fused-ring (bicyclic) bond motifs is 1. The maximum Gasteiger partial charge on any atom is 0.180 e. The van der Waals surface area contributed by atoms with E-state index < -0.39 is 0 Å². The molecule has 0 aliphatic rings. The van der Waals surface area contributed by atoms with Gasteiger partial charge < -0.3 is 10.7 Å². The van der Waals surface area contributed by atoms with Crippen molar-refractivity contribution in [3.8, 4) is 0 Å². The van der Waals surface area contributed by atoms with Crippen LogP contribution in [0.3, 0.4) is 0 Å². The molecule has 2 rings (SSSR count). The van der Waals surface area contributed by atoms with Crippen LogP contribution in [-0.2, 0) is 0 Å². The molecule has 2 aromatic rings. The molecule has 14 heavy (non-hydrogen) atoms. The standard InChI is InChI=1S/C7H8N4S.2ClH/c1-12-4-2-5(8)11-7-6(4)9-3-10-7;;/h2-3H,1H3,(H3,8,9,10,11);2*1H. The number of nitrogens with two attached hydrogens (primary N) is 1. The maximum absolute atomic E-state index is 5.58. The molecule has 4 nitrogen and oxygen atoms in total. The van der Waals surface area contributed by atoms with Crippen molar-refractivity contribution >= 4 is 53.6 Å². The summed E-state index contributed by atoms with van der Waals surface area (Å²) >= 11 is 1.63. The van der Waals surface area contributed by atoms with Gasteiger partial charge in [0.1, 0.15) is 5.82 Å². The van der Waals surface area contributed by atoms with E-state index in [4.69, 9.17) is 5.73 Å². The number of nitrogen functional groups attached to an aromatic ring is 1. The lowest BCUT2D eigenvalue weighted by atomic mass is 10.4. The van der Waals surface area contributed by atoms with Gasteiger partial charge in [-0.05, 0) is 12.3 Å². The molecule has 7 heteroatoms. The highest BCUT2D eigenvalue weighted by Gasteiger charge is 2.04. The smallest absolute Gasteiger partial charge is 0.180 e. The zero-order valence-corrected chi connectivity index (χ0v) is 9.80. The molecule has 78 valence electrons. The highest BCUT2D eigenvalue weighted by molar-refractivity contribution is 7.98. The van der Waals surface area contributed by atoms with E-state index >= 15 is 0 Å². The van der Waals surface area contributed by atoms with Crippen molar-refractivity contribution < 1.29 is 0 Å². The molecule has 0 fully saturated rings. The first-order valence-corrected chi connectivity index (χ1v) is 4.67. The third kappa shape index (κ3) is 2.23. The third-order valence-corrected chi connectivity index (χ3v) is 2.36. The SMILES string of the molecule is CSc1cc(N)nc2nc[nH]c12.Cl.Cl. The van der Waals surface area contributed by atoms with Crippen LogP contribution in [0, 0.1) is 0 Å². The average molecular weight is 253 g/mol. The second-order valence-corrected chi connectivity index (χ2v) is 3.20. The second kappa shape index (κ2) is 5.29. The molecule has 0 saturated heterocycles. The molecule has 0 atom stereocenters. The predicted molar refractivity (Wildman–Crippen MR) is 64.6 cm³/mol. The van der Waals surface area contributed by atoms with E-state index in [1.807, 2.05) is 12.3 Å². The molecular formula is C7H10Cl2N4S. The van der Waals surface area contributed by atoms with E-state index in [2.05, 4.69) is 15.0 Å². The highest BCUT2D eigenvalue weighted by atomic mass is 35.5. The largest absolute Gasteiger partial charge is 0.384 e. The number of halogens is 2. The Balaban J connectivity index is 0.000000845. The number of hydrogen-bond donors (Lipinski definition) is 2. The molecule has 0 spiro atoms. The van der Waals surface area contributed by atoms with Crippen molar-refractivity contribution in [2.75, 3.05) is 12.0 Å². The first-order chi connectivity index (χ1) is 5.81. The summed E-state index contributed by atoms with van der Waals surface area (Å²) in [6.45, 7) is 0. The van der Waals surface area contributed by atoms with Gasteiger partial charge in [-0.3, -0.25) is 0 Å². The number of aromatic amines is 1. The third-order valence-electron chi connectivity index (χ3n) is 1.60. The fraction of sp³-hybridized carbons (Fsp3) is 0.143. The van der Waals surface area contributed by atoms with Gasteiger partial charge in [0, 0.05) is 4.90 Å². The van der Waals surface area contributed by atoms with Gasteiger partial charge in [0.15, 0.2) is 5.65 Å². The Morgan fingerprint density at radius 2 is 2.14 bits per heavy atom. The summed E-state index contributed by atoms with van der Waals surface area (Å²) in [6.07, 6.45) is 3.62. The van der Waals surface area contributed by atoms with Crippen molar-refractivity contribution in [3.63, 3.8) is 0 Å². The van der Waals surface area contributed by atoms with Crippen LogP contribution < -0.4 is 5.73 Å². The van der Waals surface area contributed by atoms with E-state index in [-0.39, 0.29) is 24.8 Å². The number of imidazole rings is 1. The monoisotopic (exact) mass is 252 g/mol. The van der Waals surface area contributed by atoms with Crippen LogP contribution in [0.1, 0.15) is 0 Å².